The number of aliphatic imine (C=N–C) groups is 1. The van der Waals surface area contributed by atoms with E-state index in [0.717, 1.165) is 35.7 Å². The van der Waals surface area contributed by atoms with Crippen LogP contribution in [0.3, 0.4) is 0 Å². The van der Waals surface area contributed by atoms with Gasteiger partial charge in [-0.15, -0.1) is 11.8 Å². The number of thioether (sulfide) groups is 1. The minimum Gasteiger partial charge on any atom is -0.353 e. The van der Waals surface area contributed by atoms with Gasteiger partial charge in [0.1, 0.15) is 5.82 Å². The number of hydrogen-bond acceptors (Lipinski definition) is 3. The molecule has 0 saturated carbocycles. The molecular weight excluding hydrogens is 361 g/mol. The topological polar surface area (TPSA) is 54.2 Å². The second kappa shape index (κ2) is 8.78. The Morgan fingerprint density at radius 2 is 2.26 bits per heavy atom. The Morgan fingerprint density at radius 1 is 1.44 bits per heavy atom. The summed E-state index contributed by atoms with van der Waals surface area (Å²) in [5.74, 6) is 0.524. The van der Waals surface area contributed by atoms with Crippen LogP contribution in [0.4, 0.5) is 4.39 Å². The van der Waals surface area contributed by atoms with Gasteiger partial charge >= 0.3 is 0 Å². The number of aryl methyl sites for hydroxylation is 1. The number of hydrogen-bond donors (Lipinski definition) is 2. The van der Waals surface area contributed by atoms with Gasteiger partial charge in [-0.05, 0) is 62.3 Å². The number of aromatic nitrogens is 2. The van der Waals surface area contributed by atoms with Crippen molar-refractivity contribution in [2.75, 3.05) is 13.3 Å². The predicted octanol–water partition coefficient (Wildman–Crippen LogP) is 3.55. The average molecular weight is 390 g/mol. The lowest BCUT2D eigenvalue weighted by atomic mass is 9.94. The quantitative estimate of drug-likeness (QED) is 0.467. The molecule has 146 valence electrons. The first-order chi connectivity index (χ1) is 13.0. The molecule has 2 N–H and O–H groups in total. The fourth-order valence-electron chi connectivity index (χ4n) is 3.35. The summed E-state index contributed by atoms with van der Waals surface area (Å²) in [5, 5.41) is 11.5. The van der Waals surface area contributed by atoms with Crippen LogP contribution in [0.15, 0.2) is 34.3 Å². The number of rotatable bonds is 5. The highest BCUT2D eigenvalue weighted by atomic mass is 32.2. The highest BCUT2D eigenvalue weighted by molar-refractivity contribution is 7.98. The largest absolute Gasteiger partial charge is 0.353 e. The van der Waals surface area contributed by atoms with Crippen molar-refractivity contribution in [2.24, 2.45) is 4.99 Å². The molecule has 1 aromatic carbocycles. The summed E-state index contributed by atoms with van der Waals surface area (Å²) < 4.78 is 15.6. The molecule has 1 aliphatic carbocycles. The minimum atomic E-state index is -0.215. The molecule has 2 aromatic rings. The lowest BCUT2D eigenvalue weighted by molar-refractivity contribution is 0.499. The summed E-state index contributed by atoms with van der Waals surface area (Å²) in [4.78, 5) is 5.40. The first-order valence-corrected chi connectivity index (χ1v) is 10.6. The van der Waals surface area contributed by atoms with Gasteiger partial charge in [0.15, 0.2) is 5.96 Å². The SMILES string of the molecule is CN=C(NCc1cc(F)ccc1SC)NC1CCc2cn(C(C)C)nc2C1. The molecule has 0 fully saturated rings. The third kappa shape index (κ3) is 4.83. The molecule has 1 aliphatic rings. The maximum absolute atomic E-state index is 13.6. The molecule has 0 saturated heterocycles. The lowest BCUT2D eigenvalue weighted by Gasteiger charge is -2.24. The van der Waals surface area contributed by atoms with Gasteiger partial charge in [0.25, 0.3) is 0 Å². The van der Waals surface area contributed by atoms with Crippen molar-refractivity contribution in [3.05, 3.63) is 47.0 Å². The first-order valence-electron chi connectivity index (χ1n) is 9.36. The summed E-state index contributed by atoms with van der Waals surface area (Å²) in [5.41, 5.74) is 3.47. The highest BCUT2D eigenvalue weighted by Gasteiger charge is 2.23. The van der Waals surface area contributed by atoms with E-state index >= 15 is 0 Å². The van der Waals surface area contributed by atoms with Gasteiger partial charge in [-0.2, -0.15) is 5.10 Å². The summed E-state index contributed by atoms with van der Waals surface area (Å²) in [6.07, 6.45) is 7.15. The van der Waals surface area contributed by atoms with Crippen LogP contribution < -0.4 is 10.6 Å². The van der Waals surface area contributed by atoms with Crippen molar-refractivity contribution in [3.8, 4) is 0 Å². The van der Waals surface area contributed by atoms with Crippen LogP contribution in [0.2, 0.25) is 0 Å². The zero-order chi connectivity index (χ0) is 19.4. The predicted molar refractivity (Wildman–Crippen MR) is 110 cm³/mol. The molecule has 0 aliphatic heterocycles. The third-order valence-corrected chi connectivity index (χ3v) is 5.72. The van der Waals surface area contributed by atoms with E-state index in [-0.39, 0.29) is 5.82 Å². The van der Waals surface area contributed by atoms with Gasteiger partial charge in [0.2, 0.25) is 0 Å². The maximum atomic E-state index is 13.6. The molecule has 1 unspecified atom stereocenters. The Morgan fingerprint density at radius 3 is 2.96 bits per heavy atom. The summed E-state index contributed by atoms with van der Waals surface area (Å²) in [7, 11) is 1.76. The highest BCUT2D eigenvalue weighted by Crippen LogP contribution is 2.22. The molecule has 1 heterocycles. The summed E-state index contributed by atoms with van der Waals surface area (Å²) >= 11 is 1.62. The molecule has 1 atom stereocenters. The van der Waals surface area contributed by atoms with E-state index in [2.05, 4.69) is 35.7 Å². The van der Waals surface area contributed by atoms with Crippen LogP contribution in [0.25, 0.3) is 0 Å². The van der Waals surface area contributed by atoms with Crippen molar-refractivity contribution in [2.45, 2.75) is 56.6 Å². The second-order valence-corrected chi connectivity index (χ2v) is 7.99. The zero-order valence-corrected chi connectivity index (χ0v) is 17.2. The molecule has 27 heavy (non-hydrogen) atoms. The Balaban J connectivity index is 1.60. The molecular formula is C20H28FN5S. The Labute approximate surface area is 164 Å². The number of benzene rings is 1. The number of guanidine groups is 1. The molecule has 0 amide bonds. The van der Waals surface area contributed by atoms with Gasteiger partial charge in [0.05, 0.1) is 5.69 Å². The van der Waals surface area contributed by atoms with E-state index in [0.29, 0.717) is 18.6 Å². The normalized spacial score (nSPS) is 17.1. The van der Waals surface area contributed by atoms with Gasteiger partial charge in [-0.25, -0.2) is 4.39 Å². The molecule has 5 nitrogen and oxygen atoms in total. The van der Waals surface area contributed by atoms with Crippen molar-refractivity contribution < 1.29 is 4.39 Å². The van der Waals surface area contributed by atoms with E-state index in [4.69, 9.17) is 5.10 Å². The molecule has 7 heteroatoms. The summed E-state index contributed by atoms with van der Waals surface area (Å²) in [6.45, 7) is 4.83. The lowest BCUT2D eigenvalue weighted by Crippen LogP contribution is -2.45. The fourth-order valence-corrected chi connectivity index (χ4v) is 3.95. The maximum Gasteiger partial charge on any atom is 0.191 e. The van der Waals surface area contributed by atoms with Crippen molar-refractivity contribution in [1.29, 1.82) is 0 Å². The van der Waals surface area contributed by atoms with Gasteiger partial charge in [0, 0.05) is 43.2 Å². The second-order valence-electron chi connectivity index (χ2n) is 7.14. The van der Waals surface area contributed by atoms with Gasteiger partial charge in [-0.1, -0.05) is 0 Å². The van der Waals surface area contributed by atoms with Crippen LogP contribution in [0.1, 0.15) is 43.1 Å². The van der Waals surface area contributed by atoms with Crippen molar-refractivity contribution in [3.63, 3.8) is 0 Å². The van der Waals surface area contributed by atoms with Gasteiger partial charge < -0.3 is 10.6 Å². The van der Waals surface area contributed by atoms with E-state index in [1.54, 1.807) is 24.9 Å². The summed E-state index contributed by atoms with van der Waals surface area (Å²) in [6, 6.07) is 5.58. The van der Waals surface area contributed by atoms with Crippen LogP contribution in [-0.2, 0) is 19.4 Å². The van der Waals surface area contributed by atoms with E-state index < -0.39 is 0 Å². The van der Waals surface area contributed by atoms with Gasteiger partial charge in [-0.3, -0.25) is 9.67 Å². The van der Waals surface area contributed by atoms with Crippen LogP contribution in [-0.4, -0.2) is 35.1 Å². The van der Waals surface area contributed by atoms with Crippen molar-refractivity contribution >= 4 is 17.7 Å². The molecule has 3 rings (SSSR count). The average Bonchev–Trinajstić information content (AvgIpc) is 3.09. The molecule has 0 bridgehead atoms. The van der Waals surface area contributed by atoms with Crippen molar-refractivity contribution in [1.82, 2.24) is 20.4 Å². The molecule has 1 aromatic heterocycles. The van der Waals surface area contributed by atoms with Crippen LogP contribution in [0, 0.1) is 5.82 Å². The van der Waals surface area contributed by atoms with Crippen LogP contribution >= 0.6 is 11.8 Å². The number of halogens is 1. The fraction of sp³-hybridized carbons (Fsp3) is 0.500. The molecule has 0 radical (unpaired) electrons. The standard InChI is InChI=1S/C20H28FN5S/c1-13(2)26-12-14-5-7-17(10-18(14)25-26)24-20(22-3)23-11-15-9-16(21)6-8-19(15)27-4/h6,8-9,12-13,17H,5,7,10-11H2,1-4H3,(H2,22,23,24). The zero-order valence-electron chi connectivity index (χ0n) is 16.4. The van der Waals surface area contributed by atoms with E-state index in [9.17, 15) is 4.39 Å². The number of nitrogens with zero attached hydrogens (tertiary/aromatic N) is 3. The Hall–Kier alpha value is -2.02. The molecule has 0 spiro atoms. The third-order valence-electron chi connectivity index (χ3n) is 4.88. The van der Waals surface area contributed by atoms with Crippen LogP contribution in [0.5, 0.6) is 0 Å². The van der Waals surface area contributed by atoms with E-state index in [1.807, 2.05) is 17.0 Å². The number of fused-ring (bicyclic) bond motifs is 1. The smallest absolute Gasteiger partial charge is 0.191 e. The minimum absolute atomic E-state index is 0.215. The first kappa shape index (κ1) is 19.7. The monoisotopic (exact) mass is 389 g/mol. The van der Waals surface area contributed by atoms with E-state index in [1.165, 1.54) is 17.3 Å². The Bertz CT molecular complexity index is 815. The Kier molecular flexibility index (Phi) is 6.42. The number of nitrogens with one attached hydrogen (secondary N) is 2.